The van der Waals surface area contributed by atoms with Gasteiger partial charge in [-0.25, -0.2) is 0 Å². The first-order valence-electron chi connectivity index (χ1n) is 8.92. The predicted molar refractivity (Wildman–Crippen MR) is 92.2 cm³/mol. The summed E-state index contributed by atoms with van der Waals surface area (Å²) >= 11 is 0. The van der Waals surface area contributed by atoms with Crippen LogP contribution in [0, 0.1) is 16.0 Å². The fraction of sp³-hybridized carbons (Fsp3) is 0.667. The first kappa shape index (κ1) is 17.2. The number of piperidine rings is 1. The van der Waals surface area contributed by atoms with Crippen molar-refractivity contribution in [1.29, 1.82) is 0 Å². The summed E-state index contributed by atoms with van der Waals surface area (Å²) in [6.07, 6.45) is 7.30. The Bertz CT molecular complexity index is 564. The number of hydrogen-bond donors (Lipinski definition) is 1. The van der Waals surface area contributed by atoms with Crippen LogP contribution in [-0.4, -0.2) is 35.8 Å². The van der Waals surface area contributed by atoms with E-state index in [2.05, 4.69) is 0 Å². The number of anilines is 1. The van der Waals surface area contributed by atoms with Gasteiger partial charge in [-0.3, -0.25) is 10.1 Å². The maximum Gasteiger partial charge on any atom is 0.292 e. The van der Waals surface area contributed by atoms with Crippen molar-refractivity contribution < 1.29 is 14.8 Å². The van der Waals surface area contributed by atoms with Crippen LogP contribution < -0.4 is 4.90 Å². The zero-order valence-electron chi connectivity index (χ0n) is 14.0. The highest BCUT2D eigenvalue weighted by atomic mass is 16.6. The van der Waals surface area contributed by atoms with E-state index >= 15 is 0 Å². The van der Waals surface area contributed by atoms with Gasteiger partial charge in [-0.15, -0.1) is 0 Å². The summed E-state index contributed by atoms with van der Waals surface area (Å²) in [7, 11) is 0. The molecule has 1 aliphatic carbocycles. The number of nitro benzene ring substituents is 1. The van der Waals surface area contributed by atoms with Gasteiger partial charge in [0, 0.05) is 25.8 Å². The lowest BCUT2D eigenvalue weighted by atomic mass is 10.0. The Morgan fingerprint density at radius 1 is 1.21 bits per heavy atom. The van der Waals surface area contributed by atoms with Crippen molar-refractivity contribution in [2.45, 2.75) is 51.2 Å². The first-order valence-corrected chi connectivity index (χ1v) is 8.92. The van der Waals surface area contributed by atoms with Gasteiger partial charge in [-0.05, 0) is 49.3 Å². The van der Waals surface area contributed by atoms with Gasteiger partial charge in [0.1, 0.15) is 5.69 Å². The molecular formula is C18H26N2O4. The van der Waals surface area contributed by atoms with Gasteiger partial charge in [0.2, 0.25) is 0 Å². The van der Waals surface area contributed by atoms with Crippen LogP contribution in [0.3, 0.4) is 0 Å². The number of benzene rings is 1. The van der Waals surface area contributed by atoms with E-state index in [1.165, 1.54) is 31.7 Å². The average Bonchev–Trinajstić information content (AvgIpc) is 3.13. The third-order valence-electron chi connectivity index (χ3n) is 5.24. The fourth-order valence-electron chi connectivity index (χ4n) is 3.79. The molecule has 24 heavy (non-hydrogen) atoms. The molecule has 0 unspecified atom stereocenters. The van der Waals surface area contributed by atoms with Crippen molar-refractivity contribution >= 4 is 11.4 Å². The van der Waals surface area contributed by atoms with Crippen LogP contribution in [0.5, 0.6) is 0 Å². The molecule has 0 atom stereocenters. The summed E-state index contributed by atoms with van der Waals surface area (Å²) in [5.74, 6) is 0.727. The molecule has 1 saturated carbocycles. The Balaban J connectivity index is 1.58. The summed E-state index contributed by atoms with van der Waals surface area (Å²) < 4.78 is 6.07. The number of ether oxygens (including phenoxy) is 1. The molecule has 1 saturated heterocycles. The SMILES string of the molecule is O=[N+]([O-])c1ccc(CO)cc1N1CCC(OCC2CCCC2)CC1. The van der Waals surface area contributed by atoms with Gasteiger partial charge in [-0.1, -0.05) is 12.8 Å². The van der Waals surface area contributed by atoms with Crippen LogP contribution in [0.2, 0.25) is 0 Å². The highest BCUT2D eigenvalue weighted by Crippen LogP contribution is 2.32. The Morgan fingerprint density at radius 2 is 1.92 bits per heavy atom. The second-order valence-electron chi connectivity index (χ2n) is 6.91. The quantitative estimate of drug-likeness (QED) is 0.638. The minimum absolute atomic E-state index is 0.105. The molecule has 1 aliphatic heterocycles. The zero-order chi connectivity index (χ0) is 16.9. The third-order valence-corrected chi connectivity index (χ3v) is 5.24. The third kappa shape index (κ3) is 4.05. The van der Waals surface area contributed by atoms with Crippen molar-refractivity contribution in [3.63, 3.8) is 0 Å². The Hall–Kier alpha value is -1.66. The topological polar surface area (TPSA) is 75.8 Å². The van der Waals surface area contributed by atoms with E-state index < -0.39 is 0 Å². The highest BCUT2D eigenvalue weighted by molar-refractivity contribution is 5.64. The molecule has 132 valence electrons. The van der Waals surface area contributed by atoms with Crippen molar-refractivity contribution in [2.24, 2.45) is 5.92 Å². The van der Waals surface area contributed by atoms with Gasteiger partial charge < -0.3 is 14.7 Å². The molecule has 6 heteroatoms. The second-order valence-corrected chi connectivity index (χ2v) is 6.91. The summed E-state index contributed by atoms with van der Waals surface area (Å²) in [5, 5.41) is 20.6. The average molecular weight is 334 g/mol. The first-order chi connectivity index (χ1) is 11.7. The number of aliphatic hydroxyl groups excluding tert-OH is 1. The van der Waals surface area contributed by atoms with Crippen LogP contribution in [-0.2, 0) is 11.3 Å². The van der Waals surface area contributed by atoms with E-state index in [-0.39, 0.29) is 23.3 Å². The van der Waals surface area contributed by atoms with Crippen LogP contribution in [0.25, 0.3) is 0 Å². The molecule has 1 aromatic rings. The van der Waals surface area contributed by atoms with Gasteiger partial charge >= 0.3 is 0 Å². The van der Waals surface area contributed by atoms with E-state index in [1.54, 1.807) is 12.1 Å². The van der Waals surface area contributed by atoms with Crippen molar-refractivity contribution in [3.8, 4) is 0 Å². The molecule has 0 amide bonds. The molecule has 0 spiro atoms. The van der Waals surface area contributed by atoms with Gasteiger partial charge in [0.25, 0.3) is 5.69 Å². The Kier molecular flexibility index (Phi) is 5.68. The molecule has 3 rings (SSSR count). The monoisotopic (exact) mass is 334 g/mol. The van der Waals surface area contributed by atoms with Crippen LogP contribution in [0.1, 0.15) is 44.1 Å². The van der Waals surface area contributed by atoms with Gasteiger partial charge in [0.15, 0.2) is 0 Å². The van der Waals surface area contributed by atoms with Crippen molar-refractivity contribution in [1.82, 2.24) is 0 Å². The van der Waals surface area contributed by atoms with Crippen LogP contribution >= 0.6 is 0 Å². The molecule has 2 aliphatic rings. The Labute approximate surface area is 142 Å². The van der Waals surface area contributed by atoms with Crippen molar-refractivity contribution in [2.75, 3.05) is 24.6 Å². The van der Waals surface area contributed by atoms with E-state index in [1.807, 2.05) is 4.90 Å². The maximum absolute atomic E-state index is 11.3. The van der Waals surface area contributed by atoms with Crippen LogP contribution in [0.15, 0.2) is 18.2 Å². The number of nitro groups is 1. The normalized spacial score (nSPS) is 19.8. The van der Waals surface area contributed by atoms with Gasteiger partial charge in [-0.2, -0.15) is 0 Å². The fourth-order valence-corrected chi connectivity index (χ4v) is 3.79. The smallest absolute Gasteiger partial charge is 0.292 e. The lowest BCUT2D eigenvalue weighted by Crippen LogP contribution is -2.37. The lowest BCUT2D eigenvalue weighted by Gasteiger charge is -2.33. The standard InChI is InChI=1S/C18H26N2O4/c21-12-15-5-6-17(20(22)23)18(11-15)19-9-7-16(8-10-19)24-13-14-3-1-2-4-14/h5-6,11,14,16,21H,1-4,7-10,12-13H2. The summed E-state index contributed by atoms with van der Waals surface area (Å²) in [6, 6.07) is 4.83. The number of nitrogens with zero attached hydrogens (tertiary/aromatic N) is 2. The lowest BCUT2D eigenvalue weighted by molar-refractivity contribution is -0.384. The molecular weight excluding hydrogens is 308 g/mol. The largest absolute Gasteiger partial charge is 0.392 e. The number of aliphatic hydroxyl groups is 1. The maximum atomic E-state index is 11.3. The molecule has 0 radical (unpaired) electrons. The van der Waals surface area contributed by atoms with Crippen molar-refractivity contribution in [3.05, 3.63) is 33.9 Å². The molecule has 6 nitrogen and oxygen atoms in total. The molecule has 1 heterocycles. The van der Waals surface area contributed by atoms with E-state index in [0.29, 0.717) is 11.3 Å². The van der Waals surface area contributed by atoms with E-state index in [9.17, 15) is 15.2 Å². The molecule has 1 aromatic carbocycles. The molecule has 1 N–H and O–H groups in total. The van der Waals surface area contributed by atoms with Crippen LogP contribution in [0.4, 0.5) is 11.4 Å². The summed E-state index contributed by atoms with van der Waals surface area (Å²) in [6.45, 7) is 2.27. The minimum atomic E-state index is -0.348. The molecule has 2 fully saturated rings. The number of rotatable bonds is 6. The minimum Gasteiger partial charge on any atom is -0.392 e. The van der Waals surface area contributed by atoms with Gasteiger partial charge in [0.05, 0.1) is 17.6 Å². The highest BCUT2D eigenvalue weighted by Gasteiger charge is 2.26. The zero-order valence-corrected chi connectivity index (χ0v) is 14.0. The number of hydrogen-bond acceptors (Lipinski definition) is 5. The van der Waals surface area contributed by atoms with E-state index in [0.717, 1.165) is 38.5 Å². The Morgan fingerprint density at radius 3 is 2.54 bits per heavy atom. The summed E-state index contributed by atoms with van der Waals surface area (Å²) in [5.41, 5.74) is 1.42. The molecule has 0 aromatic heterocycles. The molecule has 0 bridgehead atoms. The summed E-state index contributed by atoms with van der Waals surface area (Å²) in [4.78, 5) is 13.0. The predicted octanol–water partition coefficient (Wildman–Crippen LogP) is 3.26. The van der Waals surface area contributed by atoms with E-state index in [4.69, 9.17) is 4.74 Å². The second kappa shape index (κ2) is 7.94.